The summed E-state index contributed by atoms with van der Waals surface area (Å²) in [5, 5.41) is 10.6. The van der Waals surface area contributed by atoms with Gasteiger partial charge in [0, 0.05) is 16.7 Å². The largest absolute Gasteiger partial charge is 0.574 e. The standard InChI is InChI=1S/C6HClF3IN2O5S/c7-19(16,17)3-1-2(13(14)15)5(12-4(3)11)18-6(8,9)10/h1H. The number of ether oxygens (including phenoxy) is 1. The van der Waals surface area contributed by atoms with Gasteiger partial charge in [-0.3, -0.25) is 10.1 Å². The van der Waals surface area contributed by atoms with Gasteiger partial charge < -0.3 is 4.74 Å². The molecule has 19 heavy (non-hydrogen) atoms. The first-order valence-corrected chi connectivity index (χ1v) is 7.36. The molecular formula is C6HClF3IN2O5S. The Morgan fingerprint density at radius 1 is 1.47 bits per heavy atom. The molecule has 1 aromatic rings. The fourth-order valence-electron chi connectivity index (χ4n) is 0.933. The molecule has 0 fully saturated rings. The summed E-state index contributed by atoms with van der Waals surface area (Å²) < 4.78 is 61.0. The van der Waals surface area contributed by atoms with Crippen molar-refractivity contribution in [3.05, 3.63) is 19.9 Å². The first kappa shape index (κ1) is 16.2. The average molecular weight is 433 g/mol. The Hall–Kier alpha value is -0.890. The molecule has 0 aliphatic rings. The van der Waals surface area contributed by atoms with Crippen LogP contribution in [0.1, 0.15) is 0 Å². The molecule has 0 amide bonds. The molecule has 1 rings (SSSR count). The second kappa shape index (κ2) is 5.24. The van der Waals surface area contributed by atoms with E-state index in [1.807, 2.05) is 0 Å². The molecule has 0 N–H and O–H groups in total. The number of halogens is 5. The minimum absolute atomic E-state index is 0.345. The molecule has 1 aromatic heterocycles. The van der Waals surface area contributed by atoms with E-state index in [4.69, 9.17) is 10.7 Å². The van der Waals surface area contributed by atoms with E-state index >= 15 is 0 Å². The SMILES string of the molecule is O=[N+]([O-])c1cc(S(=O)(=O)Cl)c(I)nc1OC(F)(F)F. The zero-order valence-corrected chi connectivity index (χ0v) is 12.0. The first-order chi connectivity index (χ1) is 8.42. The second-order valence-corrected chi connectivity index (χ2v) is 6.40. The summed E-state index contributed by atoms with van der Waals surface area (Å²) >= 11 is 1.26. The zero-order chi connectivity index (χ0) is 15.0. The number of hydrogen-bond acceptors (Lipinski definition) is 6. The van der Waals surface area contributed by atoms with Gasteiger partial charge in [0.2, 0.25) is 0 Å². The highest BCUT2D eigenvalue weighted by atomic mass is 127. The van der Waals surface area contributed by atoms with Gasteiger partial charge in [-0.2, -0.15) is 4.98 Å². The monoisotopic (exact) mass is 432 g/mol. The normalized spacial score (nSPS) is 12.3. The number of hydrogen-bond donors (Lipinski definition) is 0. The van der Waals surface area contributed by atoms with Crippen LogP contribution in [0.5, 0.6) is 5.88 Å². The zero-order valence-electron chi connectivity index (χ0n) is 8.31. The topological polar surface area (TPSA) is 99.4 Å². The van der Waals surface area contributed by atoms with Crippen LogP contribution < -0.4 is 4.74 Å². The molecule has 0 saturated carbocycles. The predicted octanol–water partition coefficient (Wildman–Crippen LogP) is 2.42. The molecule has 0 aromatic carbocycles. The van der Waals surface area contributed by atoms with Crippen LogP contribution in [0.25, 0.3) is 0 Å². The van der Waals surface area contributed by atoms with Gasteiger partial charge in [0.25, 0.3) is 9.05 Å². The smallest absolute Gasteiger partial charge is 0.381 e. The number of nitro groups is 1. The molecule has 0 aliphatic heterocycles. The van der Waals surface area contributed by atoms with E-state index < -0.39 is 40.5 Å². The van der Waals surface area contributed by atoms with E-state index in [1.54, 1.807) is 0 Å². The summed E-state index contributed by atoms with van der Waals surface area (Å²) in [7, 11) is 0.579. The van der Waals surface area contributed by atoms with Crippen LogP contribution in [-0.2, 0) is 9.05 Å². The Labute approximate surface area is 121 Å². The summed E-state index contributed by atoms with van der Waals surface area (Å²) in [4.78, 5) is 11.6. The highest BCUT2D eigenvalue weighted by molar-refractivity contribution is 14.1. The third kappa shape index (κ3) is 4.31. The van der Waals surface area contributed by atoms with Crippen LogP contribution in [0.3, 0.4) is 0 Å². The molecule has 0 saturated heterocycles. The Morgan fingerprint density at radius 2 is 2.00 bits per heavy atom. The fraction of sp³-hybridized carbons (Fsp3) is 0.167. The van der Waals surface area contributed by atoms with Gasteiger partial charge in [0.05, 0.1) is 4.92 Å². The number of nitrogens with zero attached hydrogens (tertiary/aromatic N) is 2. The van der Waals surface area contributed by atoms with Crippen molar-refractivity contribution in [2.45, 2.75) is 11.3 Å². The molecule has 1 heterocycles. The molecule has 7 nitrogen and oxygen atoms in total. The Bertz CT molecular complexity index is 634. The van der Waals surface area contributed by atoms with E-state index in [0.717, 1.165) is 0 Å². The van der Waals surface area contributed by atoms with Crippen molar-refractivity contribution in [1.29, 1.82) is 0 Å². The maximum absolute atomic E-state index is 12.0. The van der Waals surface area contributed by atoms with Crippen molar-refractivity contribution in [3.8, 4) is 5.88 Å². The van der Waals surface area contributed by atoms with Crippen LogP contribution in [0, 0.1) is 13.8 Å². The van der Waals surface area contributed by atoms with Crippen molar-refractivity contribution < 1.29 is 31.2 Å². The molecule has 0 spiro atoms. The maximum atomic E-state index is 12.0. The van der Waals surface area contributed by atoms with Crippen LogP contribution >= 0.6 is 33.3 Å². The van der Waals surface area contributed by atoms with Crippen LogP contribution in [-0.4, -0.2) is 24.7 Å². The number of pyridine rings is 1. The highest BCUT2D eigenvalue weighted by Crippen LogP contribution is 2.34. The molecule has 106 valence electrons. The first-order valence-electron chi connectivity index (χ1n) is 3.97. The van der Waals surface area contributed by atoms with Gasteiger partial charge in [-0.05, 0) is 22.6 Å². The minimum Gasteiger partial charge on any atom is -0.381 e. The lowest BCUT2D eigenvalue weighted by Crippen LogP contribution is -2.19. The van der Waals surface area contributed by atoms with Crippen molar-refractivity contribution in [3.63, 3.8) is 0 Å². The predicted molar refractivity (Wildman–Crippen MR) is 63.3 cm³/mol. The minimum atomic E-state index is -5.21. The number of rotatable bonds is 3. The molecular weight excluding hydrogens is 431 g/mol. The molecule has 13 heteroatoms. The summed E-state index contributed by atoms with van der Waals surface area (Å²) in [5.41, 5.74) is -1.27. The summed E-state index contributed by atoms with van der Waals surface area (Å²) in [6, 6.07) is 0.345. The van der Waals surface area contributed by atoms with Gasteiger partial charge >= 0.3 is 17.9 Å². The van der Waals surface area contributed by atoms with E-state index in [1.165, 1.54) is 22.6 Å². The molecule has 0 atom stereocenters. The van der Waals surface area contributed by atoms with E-state index in [9.17, 15) is 31.7 Å². The third-order valence-corrected chi connectivity index (χ3v) is 4.09. The number of alkyl halides is 3. The van der Waals surface area contributed by atoms with Gasteiger partial charge in [-0.25, -0.2) is 8.42 Å². The van der Waals surface area contributed by atoms with Crippen molar-refractivity contribution in [2.75, 3.05) is 0 Å². The van der Waals surface area contributed by atoms with Crippen molar-refractivity contribution in [1.82, 2.24) is 4.98 Å². The molecule has 0 bridgehead atoms. The van der Waals surface area contributed by atoms with Crippen molar-refractivity contribution >= 4 is 48.0 Å². The van der Waals surface area contributed by atoms with Crippen molar-refractivity contribution in [2.24, 2.45) is 0 Å². The Kier molecular flexibility index (Phi) is 4.46. The summed E-state index contributed by atoms with van der Waals surface area (Å²) in [5.74, 6) is -1.37. The second-order valence-electron chi connectivity index (χ2n) is 2.84. The highest BCUT2D eigenvalue weighted by Gasteiger charge is 2.37. The van der Waals surface area contributed by atoms with Gasteiger partial charge in [0.1, 0.15) is 8.60 Å². The van der Waals surface area contributed by atoms with Gasteiger partial charge in [-0.15, -0.1) is 13.2 Å². The lowest BCUT2D eigenvalue weighted by atomic mass is 10.4. The average Bonchev–Trinajstić information content (AvgIpc) is 2.11. The lowest BCUT2D eigenvalue weighted by Gasteiger charge is -2.09. The van der Waals surface area contributed by atoms with Gasteiger partial charge in [-0.1, -0.05) is 0 Å². The quantitative estimate of drug-likeness (QED) is 0.239. The van der Waals surface area contributed by atoms with Gasteiger partial charge in [0.15, 0.2) is 0 Å². The van der Waals surface area contributed by atoms with E-state index in [-0.39, 0.29) is 0 Å². The number of aromatic nitrogens is 1. The van der Waals surface area contributed by atoms with Crippen LogP contribution in [0.15, 0.2) is 11.0 Å². The molecule has 0 radical (unpaired) electrons. The lowest BCUT2D eigenvalue weighted by molar-refractivity contribution is -0.389. The summed E-state index contributed by atoms with van der Waals surface area (Å²) in [6.07, 6.45) is -5.21. The molecule has 0 unspecified atom stereocenters. The van der Waals surface area contributed by atoms with Crippen LogP contribution in [0.4, 0.5) is 18.9 Å². The fourth-order valence-corrected chi connectivity index (χ4v) is 3.42. The Morgan fingerprint density at radius 3 is 2.37 bits per heavy atom. The van der Waals surface area contributed by atoms with Crippen LogP contribution in [0.2, 0.25) is 0 Å². The van der Waals surface area contributed by atoms with E-state index in [0.29, 0.717) is 6.07 Å². The maximum Gasteiger partial charge on any atom is 0.574 e. The molecule has 0 aliphatic carbocycles. The third-order valence-electron chi connectivity index (χ3n) is 1.56. The summed E-state index contributed by atoms with van der Waals surface area (Å²) in [6.45, 7) is 0. The Balaban J connectivity index is 3.51. The van der Waals surface area contributed by atoms with E-state index in [2.05, 4.69) is 9.72 Å².